The molecule has 2 rings (SSSR count). The highest BCUT2D eigenvalue weighted by molar-refractivity contribution is 7.80. The number of hydrazine groups is 1. The largest absolute Gasteiger partial charge is 0.491 e. The normalized spacial score (nSPS) is 9.96. The molecular formula is C19H21N3O4S. The van der Waals surface area contributed by atoms with Crippen LogP contribution in [0.3, 0.4) is 0 Å². The third kappa shape index (κ3) is 7.04. The van der Waals surface area contributed by atoms with Gasteiger partial charge < -0.3 is 9.47 Å². The minimum atomic E-state index is -0.420. The van der Waals surface area contributed by atoms with Crippen molar-refractivity contribution in [2.45, 2.75) is 6.92 Å². The molecule has 0 fully saturated rings. The summed E-state index contributed by atoms with van der Waals surface area (Å²) in [6.07, 6.45) is 0. The summed E-state index contributed by atoms with van der Waals surface area (Å²) in [6.45, 7) is 3.40. The average Bonchev–Trinajstić information content (AvgIpc) is 2.70. The predicted octanol–water partition coefficient (Wildman–Crippen LogP) is 2.05. The van der Waals surface area contributed by atoms with Gasteiger partial charge in [-0.15, -0.1) is 0 Å². The molecule has 0 saturated heterocycles. The number of carbonyl (C=O) groups is 2. The van der Waals surface area contributed by atoms with E-state index in [0.29, 0.717) is 36.7 Å². The van der Waals surface area contributed by atoms with Crippen LogP contribution in [0, 0.1) is 0 Å². The van der Waals surface area contributed by atoms with Gasteiger partial charge in [0.25, 0.3) is 11.8 Å². The first-order valence-corrected chi connectivity index (χ1v) is 8.78. The highest BCUT2D eigenvalue weighted by atomic mass is 32.1. The summed E-state index contributed by atoms with van der Waals surface area (Å²) >= 11 is 5.02. The smallest absolute Gasteiger partial charge is 0.269 e. The van der Waals surface area contributed by atoms with Crippen molar-refractivity contribution in [3.8, 4) is 5.75 Å². The summed E-state index contributed by atoms with van der Waals surface area (Å²) in [7, 11) is 0. The average molecular weight is 387 g/mol. The van der Waals surface area contributed by atoms with Crippen LogP contribution in [0.1, 0.15) is 27.6 Å². The molecule has 142 valence electrons. The quantitative estimate of drug-likeness (QED) is 0.383. The van der Waals surface area contributed by atoms with Crippen LogP contribution in [0.25, 0.3) is 0 Å². The predicted molar refractivity (Wildman–Crippen MR) is 106 cm³/mol. The Morgan fingerprint density at radius 2 is 1.67 bits per heavy atom. The van der Waals surface area contributed by atoms with Crippen molar-refractivity contribution in [3.63, 3.8) is 0 Å². The Morgan fingerprint density at radius 3 is 2.41 bits per heavy atom. The van der Waals surface area contributed by atoms with Gasteiger partial charge in [-0.05, 0) is 49.5 Å². The second-order valence-electron chi connectivity index (χ2n) is 5.30. The molecule has 0 aliphatic rings. The van der Waals surface area contributed by atoms with E-state index in [1.165, 1.54) is 0 Å². The Hall–Kier alpha value is -2.97. The van der Waals surface area contributed by atoms with E-state index in [2.05, 4.69) is 16.2 Å². The summed E-state index contributed by atoms with van der Waals surface area (Å²) in [5, 5.41) is 2.47. The molecule has 27 heavy (non-hydrogen) atoms. The lowest BCUT2D eigenvalue weighted by Crippen LogP contribution is -2.48. The number of amides is 2. The van der Waals surface area contributed by atoms with Crippen LogP contribution < -0.4 is 20.9 Å². The van der Waals surface area contributed by atoms with Gasteiger partial charge in [-0.3, -0.25) is 25.8 Å². The number of hydrogen-bond acceptors (Lipinski definition) is 5. The molecule has 2 aromatic carbocycles. The molecule has 7 nitrogen and oxygen atoms in total. The van der Waals surface area contributed by atoms with Crippen LogP contribution in [0.4, 0.5) is 0 Å². The SMILES string of the molecule is CCOCCOc1cccc(C(=O)NC(=S)NNC(=O)c2ccccc2)c1. The lowest BCUT2D eigenvalue weighted by molar-refractivity contribution is 0.0934. The minimum absolute atomic E-state index is 0.0213. The molecule has 0 spiro atoms. The first-order chi connectivity index (χ1) is 13.1. The maximum Gasteiger partial charge on any atom is 0.269 e. The maximum absolute atomic E-state index is 12.3. The minimum Gasteiger partial charge on any atom is -0.491 e. The number of carbonyl (C=O) groups excluding carboxylic acids is 2. The zero-order chi connectivity index (χ0) is 19.5. The molecule has 0 heterocycles. The van der Waals surface area contributed by atoms with Gasteiger partial charge in [-0.25, -0.2) is 0 Å². The fraction of sp³-hybridized carbons (Fsp3) is 0.211. The van der Waals surface area contributed by atoms with Gasteiger partial charge >= 0.3 is 0 Å². The zero-order valence-corrected chi connectivity index (χ0v) is 15.7. The van der Waals surface area contributed by atoms with Crippen LogP contribution >= 0.6 is 12.2 Å². The molecule has 0 saturated carbocycles. The number of thiocarbonyl (C=S) groups is 1. The van der Waals surface area contributed by atoms with E-state index in [1.807, 2.05) is 13.0 Å². The van der Waals surface area contributed by atoms with Gasteiger partial charge in [0.2, 0.25) is 0 Å². The van der Waals surface area contributed by atoms with Gasteiger partial charge in [0.1, 0.15) is 12.4 Å². The second kappa shape index (κ2) is 10.9. The topological polar surface area (TPSA) is 88.7 Å². The third-order valence-corrected chi connectivity index (χ3v) is 3.55. The molecule has 2 aromatic rings. The van der Waals surface area contributed by atoms with Gasteiger partial charge in [-0.1, -0.05) is 24.3 Å². The zero-order valence-electron chi connectivity index (χ0n) is 14.9. The van der Waals surface area contributed by atoms with Crippen molar-refractivity contribution in [2.24, 2.45) is 0 Å². The van der Waals surface area contributed by atoms with Crippen molar-refractivity contribution in [1.29, 1.82) is 0 Å². The first kappa shape index (κ1) is 20.3. The van der Waals surface area contributed by atoms with E-state index in [9.17, 15) is 9.59 Å². The standard InChI is InChI=1S/C19H21N3O4S/c1-2-25-11-12-26-16-10-6-9-15(13-16)17(23)20-19(27)22-21-18(24)14-7-4-3-5-8-14/h3-10,13H,2,11-12H2,1H3,(H,21,24)(H2,20,22,23,27). The van der Waals surface area contributed by atoms with Crippen LogP contribution in [0.15, 0.2) is 54.6 Å². The van der Waals surface area contributed by atoms with Crippen LogP contribution in [0.5, 0.6) is 5.75 Å². The molecule has 0 radical (unpaired) electrons. The van der Waals surface area contributed by atoms with E-state index in [4.69, 9.17) is 21.7 Å². The van der Waals surface area contributed by atoms with E-state index >= 15 is 0 Å². The van der Waals surface area contributed by atoms with Crippen LogP contribution in [-0.4, -0.2) is 36.7 Å². The summed E-state index contributed by atoms with van der Waals surface area (Å²) in [5.74, 6) is -0.229. The molecular weight excluding hydrogens is 366 g/mol. The highest BCUT2D eigenvalue weighted by Crippen LogP contribution is 2.13. The highest BCUT2D eigenvalue weighted by Gasteiger charge is 2.10. The van der Waals surface area contributed by atoms with Crippen molar-refractivity contribution < 1.29 is 19.1 Å². The molecule has 3 N–H and O–H groups in total. The Labute approximate surface area is 163 Å². The summed E-state index contributed by atoms with van der Waals surface area (Å²) in [4.78, 5) is 24.2. The number of hydrogen-bond donors (Lipinski definition) is 3. The van der Waals surface area contributed by atoms with E-state index in [0.717, 1.165) is 0 Å². The monoisotopic (exact) mass is 387 g/mol. The number of ether oxygens (including phenoxy) is 2. The van der Waals surface area contributed by atoms with Crippen molar-refractivity contribution in [2.75, 3.05) is 19.8 Å². The van der Waals surface area contributed by atoms with Crippen LogP contribution in [-0.2, 0) is 4.74 Å². The summed E-state index contributed by atoms with van der Waals surface area (Å²) in [5.41, 5.74) is 5.77. The van der Waals surface area contributed by atoms with Gasteiger partial charge in [0.15, 0.2) is 5.11 Å². The fourth-order valence-corrected chi connectivity index (χ4v) is 2.22. The third-order valence-electron chi connectivity index (χ3n) is 3.35. The lowest BCUT2D eigenvalue weighted by Gasteiger charge is -2.11. The van der Waals surface area contributed by atoms with Gasteiger partial charge in [0.05, 0.1) is 6.61 Å². The molecule has 0 aromatic heterocycles. The first-order valence-electron chi connectivity index (χ1n) is 8.37. The van der Waals surface area contributed by atoms with E-state index in [1.54, 1.807) is 48.5 Å². The molecule has 8 heteroatoms. The number of nitrogens with one attached hydrogen (secondary N) is 3. The van der Waals surface area contributed by atoms with Crippen molar-refractivity contribution in [3.05, 3.63) is 65.7 Å². The van der Waals surface area contributed by atoms with Crippen molar-refractivity contribution in [1.82, 2.24) is 16.2 Å². The van der Waals surface area contributed by atoms with Gasteiger partial charge in [-0.2, -0.15) is 0 Å². The lowest BCUT2D eigenvalue weighted by atomic mass is 10.2. The molecule has 2 amide bonds. The van der Waals surface area contributed by atoms with Crippen LogP contribution in [0.2, 0.25) is 0 Å². The Kier molecular flexibility index (Phi) is 8.21. The van der Waals surface area contributed by atoms with E-state index in [-0.39, 0.29) is 11.0 Å². The molecule has 0 aliphatic carbocycles. The fourth-order valence-electron chi connectivity index (χ4n) is 2.07. The number of rotatable bonds is 7. The maximum atomic E-state index is 12.3. The molecule has 0 unspecified atom stereocenters. The second-order valence-corrected chi connectivity index (χ2v) is 5.71. The Balaban J connectivity index is 1.81. The Morgan fingerprint density at radius 1 is 0.926 bits per heavy atom. The molecule has 0 bridgehead atoms. The molecule has 0 aliphatic heterocycles. The summed E-state index contributed by atoms with van der Waals surface area (Å²) < 4.78 is 10.7. The van der Waals surface area contributed by atoms with Gasteiger partial charge in [0, 0.05) is 17.7 Å². The molecule has 0 atom stereocenters. The van der Waals surface area contributed by atoms with E-state index < -0.39 is 5.91 Å². The Bertz CT molecular complexity index is 784. The number of benzene rings is 2. The summed E-state index contributed by atoms with van der Waals surface area (Å²) in [6, 6.07) is 15.3. The van der Waals surface area contributed by atoms with Crippen molar-refractivity contribution >= 4 is 29.1 Å².